The molecule has 1 aromatic carbocycles. The number of hydrogen-bond acceptors (Lipinski definition) is 2. The van der Waals surface area contributed by atoms with Crippen LogP contribution in [0.1, 0.15) is 36.1 Å². The summed E-state index contributed by atoms with van der Waals surface area (Å²) in [5.74, 6) is 0. The van der Waals surface area contributed by atoms with Crippen molar-refractivity contribution in [1.82, 2.24) is 4.57 Å². The van der Waals surface area contributed by atoms with Gasteiger partial charge in [-0.1, -0.05) is 29.8 Å². The van der Waals surface area contributed by atoms with E-state index >= 15 is 0 Å². The van der Waals surface area contributed by atoms with Crippen molar-refractivity contribution >= 4 is 11.6 Å². The average Bonchev–Trinajstić information content (AvgIpc) is 3.23. The zero-order chi connectivity index (χ0) is 13.4. The molecule has 3 rings (SSSR count). The molecule has 0 saturated heterocycles. The monoisotopic (exact) mass is 274 g/mol. The van der Waals surface area contributed by atoms with Gasteiger partial charge in [0.1, 0.15) is 0 Å². The van der Waals surface area contributed by atoms with E-state index in [1.165, 1.54) is 0 Å². The Morgan fingerprint density at radius 2 is 1.89 bits per heavy atom. The first-order valence-corrected chi connectivity index (χ1v) is 6.76. The van der Waals surface area contributed by atoms with E-state index in [0.717, 1.165) is 18.4 Å². The Morgan fingerprint density at radius 3 is 2.53 bits per heavy atom. The van der Waals surface area contributed by atoms with E-state index in [2.05, 4.69) is 0 Å². The van der Waals surface area contributed by atoms with Crippen molar-refractivity contribution in [2.45, 2.75) is 24.9 Å². The van der Waals surface area contributed by atoms with Crippen LogP contribution in [0.5, 0.6) is 0 Å². The molecule has 1 aromatic heterocycles. The molecule has 0 aliphatic heterocycles. The number of rotatable bonds is 3. The van der Waals surface area contributed by atoms with Gasteiger partial charge < -0.3 is 10.3 Å². The van der Waals surface area contributed by atoms with Crippen LogP contribution in [0.25, 0.3) is 0 Å². The van der Waals surface area contributed by atoms with E-state index in [1.807, 2.05) is 24.4 Å². The van der Waals surface area contributed by atoms with Gasteiger partial charge in [-0.25, -0.2) is 0 Å². The van der Waals surface area contributed by atoms with E-state index in [1.54, 1.807) is 22.8 Å². The van der Waals surface area contributed by atoms with Gasteiger partial charge in [0.15, 0.2) is 0 Å². The molecule has 1 aliphatic rings. The molecule has 1 unspecified atom stereocenters. The highest BCUT2D eigenvalue weighted by molar-refractivity contribution is 6.30. The highest BCUT2D eigenvalue weighted by Gasteiger charge is 2.25. The standard InChI is InChI=1S/C15H15ClN2O/c16-11-5-3-10(4-6-11)14(17)13-2-1-9-18(15(13)19)12-7-8-12/h1-6,9,12,14H,7-8,17H2. The van der Waals surface area contributed by atoms with Crippen LogP contribution in [0.3, 0.4) is 0 Å². The maximum Gasteiger partial charge on any atom is 0.255 e. The van der Waals surface area contributed by atoms with E-state index in [4.69, 9.17) is 17.3 Å². The quantitative estimate of drug-likeness (QED) is 0.936. The van der Waals surface area contributed by atoms with E-state index in [0.29, 0.717) is 16.6 Å². The van der Waals surface area contributed by atoms with Crippen molar-refractivity contribution in [3.8, 4) is 0 Å². The molecule has 98 valence electrons. The fourth-order valence-corrected chi connectivity index (χ4v) is 2.38. The summed E-state index contributed by atoms with van der Waals surface area (Å²) in [4.78, 5) is 12.4. The Hall–Kier alpha value is -1.58. The minimum Gasteiger partial charge on any atom is -0.320 e. The number of nitrogens with two attached hydrogens (primary N) is 1. The summed E-state index contributed by atoms with van der Waals surface area (Å²) in [5.41, 5.74) is 7.76. The molecule has 0 bridgehead atoms. The lowest BCUT2D eigenvalue weighted by atomic mass is 10.0. The number of halogens is 1. The van der Waals surface area contributed by atoms with Crippen molar-refractivity contribution in [2.24, 2.45) is 5.73 Å². The van der Waals surface area contributed by atoms with Crippen molar-refractivity contribution in [3.63, 3.8) is 0 Å². The van der Waals surface area contributed by atoms with Crippen molar-refractivity contribution in [3.05, 3.63) is 69.1 Å². The first kappa shape index (κ1) is 12.5. The van der Waals surface area contributed by atoms with Crippen LogP contribution in [0.2, 0.25) is 5.02 Å². The second kappa shape index (κ2) is 4.83. The van der Waals surface area contributed by atoms with Gasteiger partial charge in [0.25, 0.3) is 5.56 Å². The lowest BCUT2D eigenvalue weighted by molar-refractivity contribution is 0.684. The Labute approximate surface area is 116 Å². The largest absolute Gasteiger partial charge is 0.320 e. The third kappa shape index (κ3) is 2.44. The maximum atomic E-state index is 12.4. The normalized spacial score (nSPS) is 16.3. The predicted octanol–water partition coefficient (Wildman–Crippen LogP) is 2.88. The molecule has 1 heterocycles. The number of aromatic nitrogens is 1. The first-order valence-electron chi connectivity index (χ1n) is 6.39. The summed E-state index contributed by atoms with van der Waals surface area (Å²) in [6.07, 6.45) is 4.01. The molecule has 1 atom stereocenters. The second-order valence-electron chi connectivity index (χ2n) is 4.94. The highest BCUT2D eigenvalue weighted by atomic mass is 35.5. The van der Waals surface area contributed by atoms with Gasteiger partial charge in [-0.3, -0.25) is 4.79 Å². The van der Waals surface area contributed by atoms with E-state index in [-0.39, 0.29) is 5.56 Å². The molecule has 0 spiro atoms. The molecule has 0 amide bonds. The van der Waals surface area contributed by atoms with E-state index < -0.39 is 6.04 Å². The van der Waals surface area contributed by atoms with Gasteiger partial charge in [0, 0.05) is 22.8 Å². The summed E-state index contributed by atoms with van der Waals surface area (Å²) < 4.78 is 1.80. The SMILES string of the molecule is NC(c1ccc(Cl)cc1)c1cccn(C2CC2)c1=O. The number of benzene rings is 1. The molecule has 0 radical (unpaired) electrons. The lowest BCUT2D eigenvalue weighted by Gasteiger charge is -2.14. The van der Waals surface area contributed by atoms with Crippen LogP contribution in [0.15, 0.2) is 47.4 Å². The van der Waals surface area contributed by atoms with Gasteiger partial charge in [-0.05, 0) is 36.6 Å². The summed E-state index contributed by atoms with van der Waals surface area (Å²) in [6.45, 7) is 0. The predicted molar refractivity (Wildman–Crippen MR) is 76.5 cm³/mol. The minimum atomic E-state index is -0.407. The first-order chi connectivity index (χ1) is 9.16. The fraction of sp³-hybridized carbons (Fsp3) is 0.267. The summed E-state index contributed by atoms with van der Waals surface area (Å²) in [5, 5.41) is 0.666. The summed E-state index contributed by atoms with van der Waals surface area (Å²) in [6, 6.07) is 11.0. The molecule has 2 N–H and O–H groups in total. The zero-order valence-corrected chi connectivity index (χ0v) is 11.2. The molecule has 19 heavy (non-hydrogen) atoms. The Bertz CT molecular complexity index is 644. The molecule has 1 fully saturated rings. The van der Waals surface area contributed by atoms with Gasteiger partial charge in [0.2, 0.25) is 0 Å². The van der Waals surface area contributed by atoms with Gasteiger partial charge in [-0.2, -0.15) is 0 Å². The van der Waals surface area contributed by atoms with Gasteiger partial charge in [-0.15, -0.1) is 0 Å². The molecule has 1 saturated carbocycles. The average molecular weight is 275 g/mol. The number of pyridine rings is 1. The smallest absolute Gasteiger partial charge is 0.255 e. The molecular weight excluding hydrogens is 260 g/mol. The minimum absolute atomic E-state index is 0.0208. The summed E-state index contributed by atoms with van der Waals surface area (Å²) in [7, 11) is 0. The van der Waals surface area contributed by atoms with Crippen LogP contribution in [-0.4, -0.2) is 4.57 Å². The molecule has 2 aromatic rings. The van der Waals surface area contributed by atoms with Crippen LogP contribution < -0.4 is 11.3 Å². The molecule has 3 nitrogen and oxygen atoms in total. The Kier molecular flexibility index (Phi) is 3.17. The van der Waals surface area contributed by atoms with Crippen LogP contribution in [-0.2, 0) is 0 Å². The maximum absolute atomic E-state index is 12.4. The van der Waals surface area contributed by atoms with Crippen molar-refractivity contribution < 1.29 is 0 Å². The third-order valence-electron chi connectivity index (χ3n) is 3.51. The molecular formula is C15H15ClN2O. The lowest BCUT2D eigenvalue weighted by Crippen LogP contribution is -2.27. The number of hydrogen-bond donors (Lipinski definition) is 1. The third-order valence-corrected chi connectivity index (χ3v) is 3.76. The topological polar surface area (TPSA) is 48.0 Å². The summed E-state index contributed by atoms with van der Waals surface area (Å²) >= 11 is 5.86. The van der Waals surface area contributed by atoms with Crippen molar-refractivity contribution in [2.75, 3.05) is 0 Å². The van der Waals surface area contributed by atoms with Crippen molar-refractivity contribution in [1.29, 1.82) is 0 Å². The Morgan fingerprint density at radius 1 is 1.21 bits per heavy atom. The Balaban J connectivity index is 1.99. The van der Waals surface area contributed by atoms with E-state index in [9.17, 15) is 4.79 Å². The van der Waals surface area contributed by atoms with Crippen LogP contribution >= 0.6 is 11.6 Å². The van der Waals surface area contributed by atoms with Gasteiger partial charge >= 0.3 is 0 Å². The molecule has 4 heteroatoms. The fourth-order valence-electron chi connectivity index (χ4n) is 2.25. The highest BCUT2D eigenvalue weighted by Crippen LogP contribution is 2.33. The molecule has 1 aliphatic carbocycles. The van der Waals surface area contributed by atoms with Gasteiger partial charge in [0.05, 0.1) is 6.04 Å². The second-order valence-corrected chi connectivity index (χ2v) is 5.37. The van der Waals surface area contributed by atoms with Crippen LogP contribution in [0.4, 0.5) is 0 Å². The zero-order valence-electron chi connectivity index (χ0n) is 10.4. The van der Waals surface area contributed by atoms with Crippen LogP contribution in [0, 0.1) is 0 Å². The number of nitrogens with zero attached hydrogens (tertiary/aromatic N) is 1.